The van der Waals surface area contributed by atoms with E-state index in [2.05, 4.69) is 6.07 Å². The maximum atomic E-state index is 6.20. The van der Waals surface area contributed by atoms with Gasteiger partial charge in [0.2, 0.25) is 0 Å². The van der Waals surface area contributed by atoms with Crippen molar-refractivity contribution in [2.75, 3.05) is 0 Å². The van der Waals surface area contributed by atoms with Crippen LogP contribution in [0.25, 0.3) is 0 Å². The van der Waals surface area contributed by atoms with E-state index in [0.717, 1.165) is 27.8 Å². The first kappa shape index (κ1) is 32.6. The summed E-state index contributed by atoms with van der Waals surface area (Å²) < 4.78 is 0. The number of aryl methyl sites for hydroxylation is 2. The van der Waals surface area contributed by atoms with Crippen molar-refractivity contribution in [1.29, 1.82) is 0 Å². The normalized spacial score (nSPS) is 13.7. The molecule has 1 rings (SSSR count). The fourth-order valence-electron chi connectivity index (χ4n) is 3.31. The van der Waals surface area contributed by atoms with Crippen molar-refractivity contribution in [2.24, 2.45) is 0 Å². The van der Waals surface area contributed by atoms with Gasteiger partial charge in [-0.2, -0.15) is 0 Å². The smallest absolute Gasteiger partial charge is 0.126 e. The van der Waals surface area contributed by atoms with Gasteiger partial charge in [0.1, 0.15) is 0 Å². The first-order valence-corrected chi connectivity index (χ1v) is 30.1. The van der Waals surface area contributed by atoms with E-state index in [-0.39, 0.29) is 0 Å². The van der Waals surface area contributed by atoms with Crippen LogP contribution in [0.4, 0.5) is 0 Å². The summed E-state index contributed by atoms with van der Waals surface area (Å²) in [6, 6.07) is -7.39. The lowest BCUT2D eigenvalue weighted by molar-refractivity contribution is 0.925. The topological polar surface area (TPSA) is 0 Å². The molecule has 0 fully saturated rings. The maximum absolute atomic E-state index is 6.20. The van der Waals surface area contributed by atoms with Gasteiger partial charge >= 0.3 is 24.0 Å². The molecule has 16 heteroatoms. The minimum atomic E-state index is -2.87. The minimum Gasteiger partial charge on any atom is -0.126 e. The third kappa shape index (κ3) is 14.8. The predicted molar refractivity (Wildman–Crippen MR) is 158 cm³/mol. The Morgan fingerprint density at radius 2 is 0.806 bits per heavy atom. The Morgan fingerprint density at radius 1 is 0.484 bits per heavy atom. The Hall–Kier alpha value is 3.57. The van der Waals surface area contributed by atoms with Gasteiger partial charge in [0.15, 0.2) is 0 Å². The van der Waals surface area contributed by atoms with Gasteiger partial charge in [-0.15, -0.1) is 133 Å². The highest BCUT2D eigenvalue weighted by Gasteiger charge is 2.31. The van der Waals surface area contributed by atoms with E-state index < -0.39 is 24.0 Å². The van der Waals surface area contributed by atoms with Crippen LogP contribution in [0, 0.1) is 6.92 Å². The molecule has 0 saturated carbocycles. The molecule has 0 aliphatic heterocycles. The minimum absolute atomic E-state index is 0.454. The van der Waals surface area contributed by atoms with Crippen molar-refractivity contribution >= 4 is 157 Å². The molecule has 0 N–H and O–H groups in total. The zero-order valence-electron chi connectivity index (χ0n) is 16.3. The fraction of sp³-hybridized carbons (Fsp3) is 0.600. The number of rotatable bonds is 12. The molecule has 0 amide bonds. The molecule has 0 atom stereocenters. The van der Waals surface area contributed by atoms with Gasteiger partial charge in [-0.25, -0.2) is 0 Å². The molecule has 1 aromatic rings. The van der Waals surface area contributed by atoms with Gasteiger partial charge in [-0.1, -0.05) is 6.07 Å². The third-order valence-corrected chi connectivity index (χ3v) is 14.7. The first-order chi connectivity index (χ1) is 13.8. The Bertz CT molecular complexity index is 734. The summed E-state index contributed by atoms with van der Waals surface area (Å²) in [6.07, 6.45) is 2.38. The molecule has 0 nitrogen and oxygen atoms in total. The summed E-state index contributed by atoms with van der Waals surface area (Å²) in [5.41, 5.74) is 5.37. The van der Waals surface area contributed by atoms with E-state index in [4.69, 9.17) is 133 Å². The molecular weight excluding hydrogens is 718 g/mol. The highest BCUT2D eigenvalue weighted by atomic mass is 35.9. The standard InChI is InChI=1S/C15H20Cl12Si4/c1-11-10-12(2-6-28(16,17)18)14(4-8-30(22,23)24)15(5-9-31(25,26)27)13(11)3-7-29(19,20)21/h10H,2-9H2,1H3. The van der Waals surface area contributed by atoms with Crippen molar-refractivity contribution in [3.8, 4) is 0 Å². The van der Waals surface area contributed by atoms with E-state index in [1.807, 2.05) is 6.92 Å². The van der Waals surface area contributed by atoms with Gasteiger partial charge in [-0.05, 0) is 84.6 Å². The average molecular weight is 738 g/mol. The average Bonchev–Trinajstić information content (AvgIpc) is 2.52. The number of hydrogen-bond donors (Lipinski definition) is 0. The zero-order valence-corrected chi connectivity index (χ0v) is 29.3. The largest absolute Gasteiger partial charge is 0.341 e. The van der Waals surface area contributed by atoms with Crippen LogP contribution < -0.4 is 0 Å². The molecule has 1 aromatic carbocycles. The van der Waals surface area contributed by atoms with Crippen LogP contribution >= 0.6 is 133 Å². The highest BCUT2D eigenvalue weighted by Crippen LogP contribution is 2.37. The molecule has 0 spiro atoms. The molecule has 31 heavy (non-hydrogen) atoms. The van der Waals surface area contributed by atoms with Crippen molar-refractivity contribution < 1.29 is 0 Å². The molecule has 0 aromatic heterocycles. The molecular formula is C15H20Cl12Si4. The lowest BCUT2D eigenvalue weighted by Gasteiger charge is -2.24. The summed E-state index contributed by atoms with van der Waals surface area (Å²) >= 11 is 74.1. The zero-order chi connectivity index (χ0) is 24.3. The highest BCUT2D eigenvalue weighted by molar-refractivity contribution is 7.66. The van der Waals surface area contributed by atoms with Crippen LogP contribution in [-0.4, -0.2) is 24.0 Å². The second-order valence-corrected chi connectivity index (χ2v) is 44.4. The molecule has 0 aliphatic carbocycles. The molecule has 0 bridgehead atoms. The van der Waals surface area contributed by atoms with E-state index in [1.54, 1.807) is 0 Å². The van der Waals surface area contributed by atoms with E-state index in [0.29, 0.717) is 49.9 Å². The Labute approximate surface area is 244 Å². The van der Waals surface area contributed by atoms with Gasteiger partial charge < -0.3 is 0 Å². The van der Waals surface area contributed by atoms with E-state index >= 15 is 0 Å². The Morgan fingerprint density at radius 3 is 1.19 bits per heavy atom. The SMILES string of the molecule is Cc1cc(CC[Si](Cl)(Cl)Cl)c(CC[Si](Cl)(Cl)Cl)c(CC[Si](Cl)(Cl)Cl)c1CC[Si](Cl)(Cl)Cl. The van der Waals surface area contributed by atoms with E-state index in [1.165, 1.54) is 0 Å². The van der Waals surface area contributed by atoms with Crippen LogP contribution in [0.3, 0.4) is 0 Å². The lowest BCUT2D eigenvalue weighted by atomic mass is 9.87. The number of benzene rings is 1. The molecule has 0 radical (unpaired) electrons. The summed E-state index contributed by atoms with van der Waals surface area (Å²) in [4.78, 5) is 0. The maximum Gasteiger partial charge on any atom is 0.341 e. The lowest BCUT2D eigenvalue weighted by Crippen LogP contribution is -2.18. The fourth-order valence-corrected chi connectivity index (χ4v) is 8.87. The molecule has 0 aliphatic rings. The summed E-state index contributed by atoms with van der Waals surface area (Å²) in [6.45, 7) is 2.02. The molecule has 180 valence electrons. The first-order valence-electron chi connectivity index (χ1n) is 9.17. The second-order valence-electron chi connectivity index (χ2n) is 7.25. The number of halogens is 12. The third-order valence-electron chi connectivity index (χ3n) is 4.64. The predicted octanol–water partition coefficient (Wildman–Crippen LogP) is 10.8. The van der Waals surface area contributed by atoms with Crippen molar-refractivity contribution in [3.63, 3.8) is 0 Å². The second kappa shape index (κ2) is 13.4. The van der Waals surface area contributed by atoms with Gasteiger partial charge in [0.25, 0.3) is 0 Å². The Balaban J connectivity index is 3.53. The van der Waals surface area contributed by atoms with Crippen molar-refractivity contribution in [2.45, 2.75) is 56.8 Å². The van der Waals surface area contributed by atoms with E-state index in [9.17, 15) is 0 Å². The van der Waals surface area contributed by atoms with Crippen LogP contribution in [0.1, 0.15) is 27.8 Å². The van der Waals surface area contributed by atoms with Crippen LogP contribution in [0.5, 0.6) is 0 Å². The van der Waals surface area contributed by atoms with Crippen molar-refractivity contribution in [3.05, 3.63) is 33.9 Å². The number of hydrogen-bond acceptors (Lipinski definition) is 0. The van der Waals surface area contributed by atoms with Gasteiger partial charge in [-0.3, -0.25) is 0 Å². The van der Waals surface area contributed by atoms with Crippen LogP contribution in [0.15, 0.2) is 6.07 Å². The summed E-state index contributed by atoms with van der Waals surface area (Å²) in [7, 11) is 0. The van der Waals surface area contributed by atoms with Gasteiger partial charge in [0.05, 0.1) is 0 Å². The summed E-state index contributed by atoms with van der Waals surface area (Å²) in [5.74, 6) is 0. The van der Waals surface area contributed by atoms with Gasteiger partial charge in [0, 0.05) is 0 Å². The quantitative estimate of drug-likeness (QED) is 0.148. The molecule has 0 heterocycles. The van der Waals surface area contributed by atoms with Crippen LogP contribution in [0.2, 0.25) is 24.2 Å². The molecule has 0 unspecified atom stereocenters. The molecule has 0 saturated heterocycles. The van der Waals surface area contributed by atoms with Crippen LogP contribution in [-0.2, 0) is 25.7 Å². The van der Waals surface area contributed by atoms with Crippen molar-refractivity contribution in [1.82, 2.24) is 0 Å². The monoisotopic (exact) mass is 732 g/mol. The summed E-state index contributed by atoms with van der Waals surface area (Å²) in [5, 5.41) is 0. The Kier molecular flexibility index (Phi) is 14.1.